The van der Waals surface area contributed by atoms with E-state index < -0.39 is 5.97 Å². The number of hydrogen-bond donors (Lipinski definition) is 2. The molecular formula is C10H12N2O4. The minimum Gasteiger partial charge on any atom is -0.476 e. The summed E-state index contributed by atoms with van der Waals surface area (Å²) in [6, 6.07) is 6.77. The van der Waals surface area contributed by atoms with E-state index in [-0.39, 0.29) is 12.3 Å². The molecule has 0 saturated carbocycles. The summed E-state index contributed by atoms with van der Waals surface area (Å²) < 4.78 is 0. The number of nitrogens with zero attached hydrogens (tertiary/aromatic N) is 1. The number of carbonyl (C=O) groups is 1. The quantitative estimate of drug-likeness (QED) is 0.561. The Hall–Kier alpha value is -1.92. The van der Waals surface area contributed by atoms with E-state index in [4.69, 9.17) is 11.0 Å². The minimum absolute atomic E-state index is 0.103. The molecule has 86 valence electrons. The van der Waals surface area contributed by atoms with Crippen LogP contribution in [0.2, 0.25) is 0 Å². The van der Waals surface area contributed by atoms with Crippen LogP contribution in [0.15, 0.2) is 29.4 Å². The molecule has 1 rings (SSSR count). The number of oxime groups is 1. The molecule has 0 heterocycles. The van der Waals surface area contributed by atoms with Gasteiger partial charge < -0.3 is 9.94 Å². The first kappa shape index (κ1) is 12.2. The van der Waals surface area contributed by atoms with Crippen LogP contribution in [0, 0.1) is 0 Å². The van der Waals surface area contributed by atoms with Crippen LogP contribution in [0.4, 0.5) is 0 Å². The summed E-state index contributed by atoms with van der Waals surface area (Å²) in [5.74, 6) is 3.79. The first-order chi connectivity index (χ1) is 7.70. The van der Waals surface area contributed by atoms with Crippen molar-refractivity contribution in [3.8, 4) is 0 Å². The second kappa shape index (κ2) is 5.84. The summed E-state index contributed by atoms with van der Waals surface area (Å²) in [5.41, 5.74) is 0.862. The average Bonchev–Trinajstić information content (AvgIpc) is 2.27. The van der Waals surface area contributed by atoms with Crippen LogP contribution < -0.4 is 5.90 Å². The molecule has 1 aromatic carbocycles. The van der Waals surface area contributed by atoms with E-state index in [1.165, 1.54) is 7.11 Å². The molecule has 0 spiro atoms. The largest absolute Gasteiger partial charge is 0.476 e. The van der Waals surface area contributed by atoms with Crippen molar-refractivity contribution in [1.82, 2.24) is 0 Å². The number of nitrogens with two attached hydrogens (primary N) is 1. The van der Waals surface area contributed by atoms with Crippen LogP contribution in [0.5, 0.6) is 0 Å². The Balaban J connectivity index is 3.18. The fourth-order valence-electron chi connectivity index (χ4n) is 1.26. The van der Waals surface area contributed by atoms with Crippen LogP contribution >= 0.6 is 0 Å². The van der Waals surface area contributed by atoms with Crippen molar-refractivity contribution in [2.24, 2.45) is 11.1 Å². The molecule has 6 nitrogen and oxygen atoms in total. The van der Waals surface area contributed by atoms with E-state index in [0.717, 1.165) is 0 Å². The number of carboxylic acids is 1. The smallest absolute Gasteiger partial charge is 0.358 e. The van der Waals surface area contributed by atoms with Gasteiger partial charge in [0.05, 0.1) is 6.61 Å². The highest BCUT2D eigenvalue weighted by Gasteiger charge is 2.16. The maximum atomic E-state index is 11.0. The van der Waals surface area contributed by atoms with Crippen molar-refractivity contribution in [1.29, 1.82) is 0 Å². The monoisotopic (exact) mass is 224 g/mol. The molecular weight excluding hydrogens is 212 g/mol. The normalized spacial score (nSPS) is 11.2. The third-order valence-corrected chi connectivity index (χ3v) is 1.90. The Morgan fingerprint density at radius 2 is 2.19 bits per heavy atom. The molecule has 0 amide bonds. The Bertz CT molecular complexity index is 404. The SMILES string of the molecule is CO/N=C(/C(=O)O)c1ccccc1CON. The van der Waals surface area contributed by atoms with E-state index in [0.29, 0.717) is 11.1 Å². The molecule has 0 atom stereocenters. The molecule has 6 heteroatoms. The molecule has 0 radical (unpaired) electrons. The van der Waals surface area contributed by atoms with Crippen molar-refractivity contribution >= 4 is 11.7 Å². The Morgan fingerprint density at radius 3 is 2.75 bits per heavy atom. The first-order valence-corrected chi connectivity index (χ1v) is 4.45. The van der Waals surface area contributed by atoms with E-state index in [1.54, 1.807) is 24.3 Å². The Kier molecular flexibility index (Phi) is 4.43. The van der Waals surface area contributed by atoms with E-state index in [2.05, 4.69) is 14.8 Å². The molecule has 0 aliphatic heterocycles. The van der Waals surface area contributed by atoms with Gasteiger partial charge in [-0.2, -0.15) is 0 Å². The highest BCUT2D eigenvalue weighted by molar-refractivity contribution is 6.42. The van der Waals surface area contributed by atoms with Crippen molar-refractivity contribution < 1.29 is 19.6 Å². The first-order valence-electron chi connectivity index (χ1n) is 4.45. The topological polar surface area (TPSA) is 94.1 Å². The Labute approximate surface area is 92.2 Å². The van der Waals surface area contributed by atoms with Gasteiger partial charge in [-0.3, -0.25) is 4.84 Å². The number of carboxylic acid groups (broad SMARTS) is 1. The molecule has 1 aromatic rings. The van der Waals surface area contributed by atoms with Gasteiger partial charge in [0, 0.05) is 5.56 Å². The summed E-state index contributed by atoms with van der Waals surface area (Å²) in [6.45, 7) is 0.103. The van der Waals surface area contributed by atoms with E-state index in [1.807, 2.05) is 0 Å². The van der Waals surface area contributed by atoms with Gasteiger partial charge in [0.2, 0.25) is 0 Å². The molecule has 0 bridgehead atoms. The van der Waals surface area contributed by atoms with Crippen LogP contribution in [0.25, 0.3) is 0 Å². The molecule has 16 heavy (non-hydrogen) atoms. The van der Waals surface area contributed by atoms with Crippen LogP contribution in [0.3, 0.4) is 0 Å². The maximum Gasteiger partial charge on any atom is 0.358 e. The van der Waals surface area contributed by atoms with Crippen molar-refractivity contribution in [2.75, 3.05) is 7.11 Å². The molecule has 3 N–H and O–H groups in total. The highest BCUT2D eigenvalue weighted by atomic mass is 16.6. The number of aliphatic carboxylic acids is 1. The molecule has 0 saturated heterocycles. The molecule has 0 unspecified atom stereocenters. The van der Waals surface area contributed by atoms with Gasteiger partial charge in [-0.05, 0) is 5.56 Å². The third-order valence-electron chi connectivity index (χ3n) is 1.90. The lowest BCUT2D eigenvalue weighted by Crippen LogP contribution is -2.17. The second-order valence-electron chi connectivity index (χ2n) is 2.90. The predicted molar refractivity (Wildman–Crippen MR) is 56.6 cm³/mol. The van der Waals surface area contributed by atoms with Crippen molar-refractivity contribution in [3.05, 3.63) is 35.4 Å². The van der Waals surface area contributed by atoms with E-state index in [9.17, 15) is 4.79 Å². The van der Waals surface area contributed by atoms with E-state index >= 15 is 0 Å². The zero-order chi connectivity index (χ0) is 12.0. The summed E-state index contributed by atoms with van der Waals surface area (Å²) in [5, 5.41) is 12.4. The van der Waals surface area contributed by atoms with Gasteiger partial charge in [0.1, 0.15) is 7.11 Å². The summed E-state index contributed by atoms with van der Waals surface area (Å²) in [4.78, 5) is 19.9. The van der Waals surface area contributed by atoms with Crippen LogP contribution in [0.1, 0.15) is 11.1 Å². The highest BCUT2D eigenvalue weighted by Crippen LogP contribution is 2.11. The van der Waals surface area contributed by atoms with Gasteiger partial charge in [-0.15, -0.1) is 0 Å². The number of benzene rings is 1. The summed E-state index contributed by atoms with van der Waals surface area (Å²) >= 11 is 0. The minimum atomic E-state index is -1.17. The molecule has 0 fully saturated rings. The number of hydrogen-bond acceptors (Lipinski definition) is 5. The number of rotatable bonds is 5. The van der Waals surface area contributed by atoms with Crippen molar-refractivity contribution in [2.45, 2.75) is 6.61 Å². The molecule has 0 aliphatic carbocycles. The third kappa shape index (κ3) is 2.78. The van der Waals surface area contributed by atoms with Crippen molar-refractivity contribution in [3.63, 3.8) is 0 Å². The molecule has 0 aliphatic rings. The van der Waals surface area contributed by atoms with Gasteiger partial charge >= 0.3 is 5.97 Å². The summed E-state index contributed by atoms with van der Waals surface area (Å²) in [6.07, 6.45) is 0. The predicted octanol–water partition coefficient (Wildman–Crippen LogP) is 0.512. The average molecular weight is 224 g/mol. The van der Waals surface area contributed by atoms with Gasteiger partial charge in [-0.1, -0.05) is 29.4 Å². The fourth-order valence-corrected chi connectivity index (χ4v) is 1.26. The lowest BCUT2D eigenvalue weighted by Gasteiger charge is -2.07. The van der Waals surface area contributed by atoms with Gasteiger partial charge in [0.25, 0.3) is 0 Å². The van der Waals surface area contributed by atoms with Crippen LogP contribution in [-0.2, 0) is 21.1 Å². The lowest BCUT2D eigenvalue weighted by atomic mass is 10.0. The van der Waals surface area contributed by atoms with Crippen LogP contribution in [-0.4, -0.2) is 23.9 Å². The molecule has 0 aromatic heterocycles. The zero-order valence-electron chi connectivity index (χ0n) is 8.71. The lowest BCUT2D eigenvalue weighted by molar-refractivity contribution is -0.129. The maximum absolute atomic E-state index is 11.0. The second-order valence-corrected chi connectivity index (χ2v) is 2.90. The van der Waals surface area contributed by atoms with Gasteiger partial charge in [-0.25, -0.2) is 10.7 Å². The standard InChI is InChI=1S/C10H12N2O4/c1-15-12-9(10(13)14)8-5-3-2-4-7(8)6-16-11/h2-5H,6,11H2,1H3,(H,13,14)/b12-9+. The Morgan fingerprint density at radius 1 is 1.50 bits per heavy atom. The zero-order valence-corrected chi connectivity index (χ0v) is 8.71. The fraction of sp³-hybridized carbons (Fsp3) is 0.200. The summed E-state index contributed by atoms with van der Waals surface area (Å²) in [7, 11) is 1.28. The van der Waals surface area contributed by atoms with Gasteiger partial charge in [0.15, 0.2) is 5.71 Å².